The Balaban J connectivity index is 2.05. The third-order valence-corrected chi connectivity index (χ3v) is 3.85. The quantitative estimate of drug-likeness (QED) is 0.826. The van der Waals surface area contributed by atoms with Crippen LogP contribution in [0.3, 0.4) is 0 Å². The molecule has 2 N–H and O–H groups in total. The number of carbonyl (C=O) groups is 1. The minimum Gasteiger partial charge on any atom is -0.395 e. The zero-order valence-corrected chi connectivity index (χ0v) is 13.5. The van der Waals surface area contributed by atoms with Crippen LogP contribution in [0.15, 0.2) is 60.7 Å². The molecule has 0 aliphatic heterocycles. The maximum Gasteiger partial charge on any atom is 0.317 e. The van der Waals surface area contributed by atoms with Crippen molar-refractivity contribution in [2.75, 3.05) is 20.2 Å². The molecule has 2 aromatic rings. The van der Waals surface area contributed by atoms with Crippen molar-refractivity contribution < 1.29 is 9.90 Å². The number of nitrogens with one attached hydrogen (secondary N) is 1. The van der Waals surface area contributed by atoms with Gasteiger partial charge in [-0.05, 0) is 24.0 Å². The van der Waals surface area contributed by atoms with E-state index in [1.165, 1.54) is 10.5 Å². The molecule has 0 aliphatic rings. The minimum absolute atomic E-state index is 0.0378. The molecule has 0 aromatic heterocycles. The van der Waals surface area contributed by atoms with Crippen LogP contribution >= 0.6 is 0 Å². The van der Waals surface area contributed by atoms with Gasteiger partial charge in [0.15, 0.2) is 0 Å². The number of rotatable bonds is 7. The molecule has 2 rings (SSSR count). The summed E-state index contributed by atoms with van der Waals surface area (Å²) >= 11 is 0. The third kappa shape index (κ3) is 5.42. The molecule has 4 nitrogen and oxygen atoms in total. The molecule has 0 aliphatic carbocycles. The van der Waals surface area contributed by atoms with Crippen molar-refractivity contribution in [3.63, 3.8) is 0 Å². The summed E-state index contributed by atoms with van der Waals surface area (Å²) in [6, 6.07) is 20.0. The first kappa shape index (κ1) is 17.0. The smallest absolute Gasteiger partial charge is 0.317 e. The van der Waals surface area contributed by atoms with Crippen LogP contribution in [0.5, 0.6) is 0 Å². The number of aryl methyl sites for hydroxylation is 1. The topological polar surface area (TPSA) is 52.6 Å². The Kier molecular flexibility index (Phi) is 6.63. The highest BCUT2D eigenvalue weighted by molar-refractivity contribution is 5.74. The SMILES string of the molecule is CN(CCO)C(=O)NC(CCc1ccccc1)c1ccccc1. The molecule has 2 amide bonds. The lowest BCUT2D eigenvalue weighted by Gasteiger charge is -2.23. The van der Waals surface area contributed by atoms with E-state index >= 15 is 0 Å². The van der Waals surface area contributed by atoms with E-state index < -0.39 is 0 Å². The number of benzene rings is 2. The first-order valence-electron chi connectivity index (χ1n) is 7.92. The number of amides is 2. The zero-order valence-electron chi connectivity index (χ0n) is 13.5. The summed E-state index contributed by atoms with van der Waals surface area (Å²) in [5.74, 6) is 0. The molecule has 0 fully saturated rings. The van der Waals surface area contributed by atoms with E-state index in [1.807, 2.05) is 48.5 Å². The van der Waals surface area contributed by atoms with Gasteiger partial charge in [-0.1, -0.05) is 60.7 Å². The van der Waals surface area contributed by atoms with Crippen LogP contribution in [0.4, 0.5) is 4.79 Å². The van der Waals surface area contributed by atoms with Crippen LogP contribution in [0.2, 0.25) is 0 Å². The average molecular weight is 312 g/mol. The van der Waals surface area contributed by atoms with E-state index in [1.54, 1.807) is 7.05 Å². The van der Waals surface area contributed by atoms with E-state index in [-0.39, 0.29) is 18.7 Å². The highest BCUT2D eigenvalue weighted by atomic mass is 16.3. The van der Waals surface area contributed by atoms with Gasteiger partial charge >= 0.3 is 6.03 Å². The van der Waals surface area contributed by atoms with Gasteiger partial charge in [0.1, 0.15) is 0 Å². The molecule has 0 bridgehead atoms. The molecule has 1 atom stereocenters. The molecule has 122 valence electrons. The van der Waals surface area contributed by atoms with Crippen molar-refractivity contribution in [1.29, 1.82) is 0 Å². The summed E-state index contributed by atoms with van der Waals surface area (Å²) in [6.07, 6.45) is 1.72. The van der Waals surface area contributed by atoms with Crippen LogP contribution in [0, 0.1) is 0 Å². The van der Waals surface area contributed by atoms with Gasteiger partial charge in [-0.25, -0.2) is 4.79 Å². The summed E-state index contributed by atoms with van der Waals surface area (Å²) in [5, 5.41) is 12.0. The summed E-state index contributed by atoms with van der Waals surface area (Å²) in [6.45, 7) is 0.288. The number of nitrogens with zero attached hydrogens (tertiary/aromatic N) is 1. The maximum absolute atomic E-state index is 12.2. The largest absolute Gasteiger partial charge is 0.395 e. The van der Waals surface area contributed by atoms with Crippen molar-refractivity contribution in [3.05, 3.63) is 71.8 Å². The number of aliphatic hydroxyl groups is 1. The third-order valence-electron chi connectivity index (χ3n) is 3.85. The number of likely N-dealkylation sites (N-methyl/N-ethyl adjacent to an activating group) is 1. The highest BCUT2D eigenvalue weighted by Crippen LogP contribution is 2.19. The number of urea groups is 1. The fraction of sp³-hybridized carbons (Fsp3) is 0.316. The van der Waals surface area contributed by atoms with Crippen LogP contribution in [-0.4, -0.2) is 36.2 Å². The average Bonchev–Trinajstić information content (AvgIpc) is 2.60. The molecule has 23 heavy (non-hydrogen) atoms. The molecule has 0 saturated heterocycles. The van der Waals surface area contributed by atoms with Gasteiger partial charge in [-0.15, -0.1) is 0 Å². The molecule has 0 heterocycles. The van der Waals surface area contributed by atoms with Crippen LogP contribution in [-0.2, 0) is 6.42 Å². The molecule has 0 saturated carbocycles. The van der Waals surface area contributed by atoms with Gasteiger partial charge in [-0.3, -0.25) is 0 Å². The first-order chi connectivity index (χ1) is 11.2. The summed E-state index contributed by atoms with van der Waals surface area (Å²) in [7, 11) is 1.69. The van der Waals surface area contributed by atoms with Crippen molar-refractivity contribution in [2.45, 2.75) is 18.9 Å². The van der Waals surface area contributed by atoms with Crippen molar-refractivity contribution in [2.24, 2.45) is 0 Å². The number of hydrogen-bond donors (Lipinski definition) is 2. The van der Waals surface area contributed by atoms with Crippen molar-refractivity contribution >= 4 is 6.03 Å². The Bertz CT molecular complexity index is 587. The predicted molar refractivity (Wildman–Crippen MR) is 92.2 cm³/mol. The molecule has 0 radical (unpaired) electrons. The lowest BCUT2D eigenvalue weighted by Crippen LogP contribution is -2.40. The van der Waals surface area contributed by atoms with E-state index in [4.69, 9.17) is 5.11 Å². The molecule has 2 aromatic carbocycles. The number of carbonyl (C=O) groups excluding carboxylic acids is 1. The Morgan fingerprint density at radius 2 is 1.70 bits per heavy atom. The Morgan fingerprint density at radius 3 is 2.30 bits per heavy atom. The zero-order chi connectivity index (χ0) is 16.5. The first-order valence-corrected chi connectivity index (χ1v) is 7.92. The normalized spacial score (nSPS) is 11.7. The van der Waals surface area contributed by atoms with E-state index in [0.29, 0.717) is 6.54 Å². The second-order valence-electron chi connectivity index (χ2n) is 5.58. The van der Waals surface area contributed by atoms with Crippen LogP contribution in [0.25, 0.3) is 0 Å². The van der Waals surface area contributed by atoms with E-state index in [9.17, 15) is 4.79 Å². The monoisotopic (exact) mass is 312 g/mol. The summed E-state index contributed by atoms with van der Waals surface area (Å²) in [4.78, 5) is 13.7. The van der Waals surface area contributed by atoms with E-state index in [0.717, 1.165) is 18.4 Å². The molecule has 0 spiro atoms. The predicted octanol–water partition coefficient (Wildman–Crippen LogP) is 2.99. The molecular weight excluding hydrogens is 288 g/mol. The Morgan fingerprint density at radius 1 is 1.09 bits per heavy atom. The molecule has 4 heteroatoms. The van der Waals surface area contributed by atoms with Gasteiger partial charge in [0.25, 0.3) is 0 Å². The van der Waals surface area contributed by atoms with E-state index in [2.05, 4.69) is 17.4 Å². The fourth-order valence-corrected chi connectivity index (χ4v) is 2.47. The lowest BCUT2D eigenvalue weighted by atomic mass is 9.99. The second kappa shape index (κ2) is 8.96. The van der Waals surface area contributed by atoms with Gasteiger partial charge in [0.05, 0.1) is 12.6 Å². The van der Waals surface area contributed by atoms with Crippen molar-refractivity contribution in [3.8, 4) is 0 Å². The maximum atomic E-state index is 12.2. The van der Waals surface area contributed by atoms with Crippen molar-refractivity contribution in [1.82, 2.24) is 10.2 Å². The van der Waals surface area contributed by atoms with Crippen LogP contribution < -0.4 is 5.32 Å². The number of hydrogen-bond acceptors (Lipinski definition) is 2. The van der Waals surface area contributed by atoms with Crippen LogP contribution in [0.1, 0.15) is 23.6 Å². The lowest BCUT2D eigenvalue weighted by molar-refractivity contribution is 0.186. The van der Waals surface area contributed by atoms with Gasteiger partial charge in [-0.2, -0.15) is 0 Å². The minimum atomic E-state index is -0.166. The number of aliphatic hydroxyl groups excluding tert-OH is 1. The Hall–Kier alpha value is -2.33. The van der Waals surface area contributed by atoms with Gasteiger partial charge < -0.3 is 15.3 Å². The second-order valence-corrected chi connectivity index (χ2v) is 5.58. The highest BCUT2D eigenvalue weighted by Gasteiger charge is 2.16. The standard InChI is InChI=1S/C19H24N2O2/c1-21(14-15-22)19(23)20-18(17-10-6-3-7-11-17)13-12-16-8-4-2-5-9-16/h2-11,18,22H,12-15H2,1H3,(H,20,23). The summed E-state index contributed by atoms with van der Waals surface area (Å²) < 4.78 is 0. The molecular formula is C19H24N2O2. The van der Waals surface area contributed by atoms with Gasteiger partial charge in [0, 0.05) is 13.6 Å². The fourth-order valence-electron chi connectivity index (χ4n) is 2.47. The Labute approximate surface area is 137 Å². The summed E-state index contributed by atoms with van der Waals surface area (Å²) in [5.41, 5.74) is 2.35. The van der Waals surface area contributed by atoms with Gasteiger partial charge in [0.2, 0.25) is 0 Å². The molecule has 1 unspecified atom stereocenters.